The molecule has 30 heavy (non-hydrogen) atoms. The van der Waals surface area contributed by atoms with Gasteiger partial charge in [-0.15, -0.1) is 23.7 Å². The molecule has 0 unspecified atom stereocenters. The monoisotopic (exact) mass is 527 g/mol. The molecule has 0 N–H and O–H groups in total. The van der Waals surface area contributed by atoms with Crippen LogP contribution in [0.1, 0.15) is 24.2 Å². The predicted molar refractivity (Wildman–Crippen MR) is 132 cm³/mol. The first-order valence-electron chi connectivity index (χ1n) is 9.01. The van der Waals surface area contributed by atoms with E-state index in [0.29, 0.717) is 48.7 Å². The molecular formula is C19H21Cl4N3O2S2. The van der Waals surface area contributed by atoms with Gasteiger partial charge < -0.3 is 9.64 Å². The second-order valence-electron chi connectivity index (χ2n) is 6.15. The third-order valence-corrected chi connectivity index (χ3v) is 7.59. The lowest BCUT2D eigenvalue weighted by atomic mass is 10.3. The van der Waals surface area contributed by atoms with E-state index in [0.717, 1.165) is 17.8 Å². The highest BCUT2D eigenvalue weighted by Gasteiger charge is 2.26. The molecule has 0 aliphatic rings. The minimum atomic E-state index is -0.237. The van der Waals surface area contributed by atoms with Crippen molar-refractivity contribution < 1.29 is 9.53 Å². The van der Waals surface area contributed by atoms with E-state index >= 15 is 0 Å². The number of carbonyl (C=O) groups excluding carboxylic acids is 1. The molecule has 2 heterocycles. The number of benzene rings is 1. The summed E-state index contributed by atoms with van der Waals surface area (Å²) in [5.41, 5.74) is 1.01. The molecule has 5 nitrogen and oxygen atoms in total. The average Bonchev–Trinajstić information content (AvgIpc) is 3.29. The maximum Gasteiger partial charge on any atom is 0.262 e. The summed E-state index contributed by atoms with van der Waals surface area (Å²) in [6, 6.07) is 5.14. The minimum Gasteiger partial charge on any atom is -0.494 e. The van der Waals surface area contributed by atoms with Gasteiger partial charge in [0, 0.05) is 13.1 Å². The van der Waals surface area contributed by atoms with Crippen molar-refractivity contribution in [2.24, 2.45) is 0 Å². The minimum absolute atomic E-state index is 0. The fraction of sp³-hybridized carbons (Fsp3) is 0.368. The number of rotatable bonds is 8. The Bertz CT molecular complexity index is 1020. The van der Waals surface area contributed by atoms with Crippen LogP contribution in [0.2, 0.25) is 13.7 Å². The number of thiophene rings is 1. The van der Waals surface area contributed by atoms with Crippen molar-refractivity contribution in [1.82, 2.24) is 9.88 Å². The number of ether oxygens (including phenoxy) is 1. The van der Waals surface area contributed by atoms with Crippen LogP contribution >= 0.6 is 69.9 Å². The smallest absolute Gasteiger partial charge is 0.262 e. The van der Waals surface area contributed by atoms with Gasteiger partial charge in [0.25, 0.3) is 5.91 Å². The number of amides is 1. The highest BCUT2D eigenvalue weighted by atomic mass is 35.5. The normalized spacial score (nSPS) is 11.0. The zero-order valence-corrected chi connectivity index (χ0v) is 21.3. The van der Waals surface area contributed by atoms with E-state index in [1.54, 1.807) is 30.2 Å². The summed E-state index contributed by atoms with van der Waals surface area (Å²) in [6.45, 7) is 7.13. The molecule has 0 aliphatic heterocycles. The Labute approximate surface area is 204 Å². The Balaban J connectivity index is 0.00000320. The molecule has 1 amide bonds. The number of halogens is 4. The lowest BCUT2D eigenvalue weighted by Crippen LogP contribution is -2.38. The molecule has 0 radical (unpaired) electrons. The largest absolute Gasteiger partial charge is 0.494 e. The third-order valence-electron chi connectivity index (χ3n) is 4.56. The van der Waals surface area contributed by atoms with Crippen molar-refractivity contribution >= 4 is 91.1 Å². The molecule has 2 aromatic heterocycles. The van der Waals surface area contributed by atoms with Crippen LogP contribution in [0.5, 0.6) is 5.75 Å². The number of fused-ring (bicyclic) bond motifs is 1. The second-order valence-corrected chi connectivity index (χ2v) is 9.82. The molecule has 11 heteroatoms. The summed E-state index contributed by atoms with van der Waals surface area (Å²) in [7, 11) is 1.58. The van der Waals surface area contributed by atoms with Crippen molar-refractivity contribution in [3.8, 4) is 5.75 Å². The van der Waals surface area contributed by atoms with E-state index in [1.165, 1.54) is 22.7 Å². The Morgan fingerprint density at radius 1 is 1.13 bits per heavy atom. The van der Waals surface area contributed by atoms with Crippen LogP contribution in [-0.4, -0.2) is 49.1 Å². The topological polar surface area (TPSA) is 45.7 Å². The summed E-state index contributed by atoms with van der Waals surface area (Å²) >= 11 is 21.2. The van der Waals surface area contributed by atoms with Crippen molar-refractivity contribution in [3.05, 3.63) is 37.5 Å². The van der Waals surface area contributed by atoms with Crippen LogP contribution in [0.25, 0.3) is 10.2 Å². The lowest BCUT2D eigenvalue weighted by Gasteiger charge is -2.24. The van der Waals surface area contributed by atoms with Crippen molar-refractivity contribution in [2.45, 2.75) is 13.8 Å². The number of hydrogen-bond donors (Lipinski definition) is 0. The fourth-order valence-corrected chi connectivity index (χ4v) is 5.65. The van der Waals surface area contributed by atoms with Gasteiger partial charge in [0.15, 0.2) is 5.13 Å². The summed E-state index contributed by atoms with van der Waals surface area (Å²) in [4.78, 5) is 21.9. The van der Waals surface area contributed by atoms with E-state index in [9.17, 15) is 4.79 Å². The number of nitrogens with zero attached hydrogens (tertiary/aromatic N) is 3. The van der Waals surface area contributed by atoms with Crippen LogP contribution in [0.15, 0.2) is 18.2 Å². The first kappa shape index (κ1) is 25.5. The van der Waals surface area contributed by atoms with E-state index in [4.69, 9.17) is 39.5 Å². The number of anilines is 1. The van der Waals surface area contributed by atoms with Crippen molar-refractivity contribution in [2.75, 3.05) is 38.2 Å². The number of likely N-dealkylation sites (N-methyl/N-ethyl adjacent to an activating group) is 1. The van der Waals surface area contributed by atoms with Crippen LogP contribution < -0.4 is 9.64 Å². The fourth-order valence-electron chi connectivity index (χ4n) is 2.92. The standard InChI is InChI=1S/C19H20Cl3N3O2S2.ClH/c1-4-24(5-2)8-9-25(18(26)11-10-14(21)28-17(11)22)19-23-15-13(27-3)7-6-12(20)16(15)29-19;/h6-7,10H,4-5,8-9H2,1-3H3;1H. The Kier molecular flexibility index (Phi) is 9.49. The van der Waals surface area contributed by atoms with Gasteiger partial charge in [-0.2, -0.15) is 0 Å². The van der Waals surface area contributed by atoms with Crippen LogP contribution in [0.3, 0.4) is 0 Å². The van der Waals surface area contributed by atoms with Crippen molar-refractivity contribution in [1.29, 1.82) is 0 Å². The number of hydrogen-bond acceptors (Lipinski definition) is 6. The molecule has 0 saturated carbocycles. The highest BCUT2D eigenvalue weighted by molar-refractivity contribution is 7.23. The number of aromatic nitrogens is 1. The van der Waals surface area contributed by atoms with E-state index in [2.05, 4.69) is 23.7 Å². The highest BCUT2D eigenvalue weighted by Crippen LogP contribution is 2.40. The van der Waals surface area contributed by atoms with Crippen molar-refractivity contribution in [3.63, 3.8) is 0 Å². The van der Waals surface area contributed by atoms with E-state index in [1.807, 2.05) is 0 Å². The number of methoxy groups -OCH3 is 1. The Morgan fingerprint density at radius 2 is 1.83 bits per heavy atom. The third kappa shape index (κ3) is 5.33. The van der Waals surface area contributed by atoms with Gasteiger partial charge >= 0.3 is 0 Å². The lowest BCUT2D eigenvalue weighted by molar-refractivity contribution is 0.0984. The number of carbonyl (C=O) groups is 1. The van der Waals surface area contributed by atoms with E-state index < -0.39 is 0 Å². The first-order valence-corrected chi connectivity index (χ1v) is 11.8. The van der Waals surface area contributed by atoms with Gasteiger partial charge in [-0.25, -0.2) is 4.98 Å². The van der Waals surface area contributed by atoms with Gasteiger partial charge in [0.1, 0.15) is 15.6 Å². The molecular weight excluding hydrogens is 508 g/mol. The molecule has 164 valence electrons. The first-order chi connectivity index (χ1) is 13.9. The molecule has 0 atom stereocenters. The molecule has 0 fully saturated rings. The van der Waals surface area contributed by atoms with Gasteiger partial charge in [-0.3, -0.25) is 9.69 Å². The number of thiazole rings is 1. The zero-order valence-electron chi connectivity index (χ0n) is 16.6. The second kappa shape index (κ2) is 11.2. The quantitative estimate of drug-likeness (QED) is 0.325. The molecule has 0 spiro atoms. The van der Waals surface area contributed by atoms with E-state index in [-0.39, 0.29) is 18.3 Å². The van der Waals surface area contributed by atoms with Gasteiger partial charge in [0.05, 0.1) is 26.7 Å². The van der Waals surface area contributed by atoms with Crippen LogP contribution in [0, 0.1) is 0 Å². The molecule has 1 aromatic carbocycles. The molecule has 0 aliphatic carbocycles. The van der Waals surface area contributed by atoms with Crippen LogP contribution in [-0.2, 0) is 0 Å². The summed E-state index contributed by atoms with van der Waals surface area (Å²) in [5.74, 6) is 0.374. The molecule has 3 aromatic rings. The molecule has 0 bridgehead atoms. The van der Waals surface area contributed by atoms with Gasteiger partial charge in [0.2, 0.25) is 0 Å². The zero-order chi connectivity index (χ0) is 21.1. The summed E-state index contributed by atoms with van der Waals surface area (Å²) < 4.78 is 7.02. The Hall–Kier alpha value is -0.800. The predicted octanol–water partition coefficient (Wildman–Crippen LogP) is 6.74. The molecule has 3 rings (SSSR count). The van der Waals surface area contributed by atoms with Crippen LogP contribution in [0.4, 0.5) is 5.13 Å². The molecule has 0 saturated heterocycles. The summed E-state index contributed by atoms with van der Waals surface area (Å²) in [6.07, 6.45) is 0. The van der Waals surface area contributed by atoms with Gasteiger partial charge in [-0.05, 0) is 31.3 Å². The Morgan fingerprint density at radius 3 is 2.40 bits per heavy atom. The van der Waals surface area contributed by atoms with Gasteiger partial charge in [-0.1, -0.05) is 60.0 Å². The average molecular weight is 529 g/mol. The SMILES string of the molecule is CCN(CC)CCN(C(=O)c1cc(Cl)sc1Cl)c1nc2c(OC)ccc(Cl)c2s1.Cl. The maximum absolute atomic E-state index is 13.4. The maximum atomic E-state index is 13.4. The summed E-state index contributed by atoms with van der Waals surface area (Å²) in [5, 5.41) is 1.11.